The van der Waals surface area contributed by atoms with Gasteiger partial charge in [0.05, 0.1) is 24.4 Å². The largest absolute Gasteiger partial charge is 0.491 e. The average molecular weight is 493 g/mol. The van der Waals surface area contributed by atoms with Crippen molar-refractivity contribution in [1.29, 1.82) is 0 Å². The van der Waals surface area contributed by atoms with Crippen LogP contribution >= 0.6 is 0 Å². The normalized spacial score (nSPS) is 12.6. The first kappa shape index (κ1) is 24.7. The van der Waals surface area contributed by atoms with Crippen LogP contribution in [0.3, 0.4) is 0 Å². The Hall–Kier alpha value is -3.96. The Morgan fingerprint density at radius 3 is 2.54 bits per heavy atom. The molecule has 0 atom stereocenters. The number of carbonyl (C=O) groups excluding carboxylic acids is 1. The molecule has 5 heteroatoms. The van der Waals surface area contributed by atoms with Crippen LogP contribution < -0.4 is 9.64 Å². The second-order valence-electron chi connectivity index (χ2n) is 9.28. The van der Waals surface area contributed by atoms with Gasteiger partial charge >= 0.3 is 0 Å². The standard InChI is InChI=1S/C32H32N2O3/c1-2-15-36-16-17-37-30-10-6-9-29(21-30)34-31-19-26(13-14-27(31)20-32(34)35)28-18-25(22-33-23-28)12-11-24-7-4-3-5-8-24/h3-10,13-14,18-19,21-23H,2,11-12,15-17,20H2,1H3. The smallest absolute Gasteiger partial charge is 0.236 e. The molecule has 37 heavy (non-hydrogen) atoms. The molecule has 3 aromatic carbocycles. The lowest BCUT2D eigenvalue weighted by Gasteiger charge is -2.19. The van der Waals surface area contributed by atoms with Gasteiger partial charge in [0.2, 0.25) is 5.91 Å². The minimum atomic E-state index is 0.0605. The molecule has 5 nitrogen and oxygen atoms in total. The molecule has 1 aliphatic heterocycles. The number of carbonyl (C=O) groups is 1. The van der Waals surface area contributed by atoms with Crippen LogP contribution in [0.1, 0.15) is 30.0 Å². The molecular formula is C32H32N2O3. The zero-order chi connectivity index (χ0) is 25.5. The molecule has 0 aliphatic carbocycles. The van der Waals surface area contributed by atoms with Gasteiger partial charge in [0.25, 0.3) is 0 Å². The zero-order valence-electron chi connectivity index (χ0n) is 21.2. The maximum atomic E-state index is 13.0. The predicted octanol–water partition coefficient (Wildman–Crippen LogP) is 6.56. The Balaban J connectivity index is 1.34. The van der Waals surface area contributed by atoms with E-state index in [1.807, 2.05) is 42.7 Å². The van der Waals surface area contributed by atoms with Gasteiger partial charge in [-0.15, -0.1) is 0 Å². The lowest BCUT2D eigenvalue weighted by Crippen LogP contribution is -2.20. The Morgan fingerprint density at radius 2 is 1.68 bits per heavy atom. The summed E-state index contributed by atoms with van der Waals surface area (Å²) in [5, 5.41) is 0. The second-order valence-corrected chi connectivity index (χ2v) is 9.28. The summed E-state index contributed by atoms with van der Waals surface area (Å²) in [5.74, 6) is 0.788. The number of nitrogens with zero attached hydrogens (tertiary/aromatic N) is 2. The summed E-state index contributed by atoms with van der Waals surface area (Å²) in [5.41, 5.74) is 7.37. The highest BCUT2D eigenvalue weighted by atomic mass is 16.5. The van der Waals surface area contributed by atoms with Crippen LogP contribution in [0, 0.1) is 0 Å². The van der Waals surface area contributed by atoms with Crippen LogP contribution in [0.5, 0.6) is 5.75 Å². The lowest BCUT2D eigenvalue weighted by atomic mass is 10.00. The van der Waals surface area contributed by atoms with E-state index >= 15 is 0 Å². The van der Waals surface area contributed by atoms with E-state index in [1.165, 1.54) is 11.1 Å². The number of hydrogen-bond donors (Lipinski definition) is 0. The number of benzene rings is 3. The molecule has 5 rings (SSSR count). The molecule has 0 saturated heterocycles. The Morgan fingerprint density at radius 1 is 0.811 bits per heavy atom. The Bertz CT molecular complexity index is 1350. The fourth-order valence-electron chi connectivity index (χ4n) is 4.65. The quantitative estimate of drug-likeness (QED) is 0.223. The monoisotopic (exact) mass is 492 g/mol. The van der Waals surface area contributed by atoms with E-state index in [1.54, 1.807) is 4.90 Å². The van der Waals surface area contributed by atoms with Gasteiger partial charge in [-0.1, -0.05) is 55.5 Å². The highest BCUT2D eigenvalue weighted by Gasteiger charge is 2.29. The van der Waals surface area contributed by atoms with Gasteiger partial charge in [-0.3, -0.25) is 14.7 Å². The van der Waals surface area contributed by atoms with Crippen molar-refractivity contribution < 1.29 is 14.3 Å². The summed E-state index contributed by atoms with van der Waals surface area (Å²) >= 11 is 0. The summed E-state index contributed by atoms with van der Waals surface area (Å²) in [6.07, 6.45) is 7.11. The van der Waals surface area contributed by atoms with Crippen molar-refractivity contribution in [1.82, 2.24) is 4.98 Å². The lowest BCUT2D eigenvalue weighted by molar-refractivity contribution is -0.116. The van der Waals surface area contributed by atoms with Crippen molar-refractivity contribution in [3.63, 3.8) is 0 Å². The summed E-state index contributed by atoms with van der Waals surface area (Å²) in [6, 6.07) is 26.7. The SMILES string of the molecule is CCCOCCOc1cccc(N2C(=O)Cc3ccc(-c4cncc(CCc5ccccc5)c4)cc32)c1. The van der Waals surface area contributed by atoms with Crippen LogP contribution in [0.2, 0.25) is 0 Å². The summed E-state index contributed by atoms with van der Waals surface area (Å²) in [4.78, 5) is 19.4. The van der Waals surface area contributed by atoms with Crippen LogP contribution in [0.4, 0.5) is 11.4 Å². The third-order valence-corrected chi connectivity index (χ3v) is 6.51. The van der Waals surface area contributed by atoms with Crippen molar-refractivity contribution in [2.75, 3.05) is 24.7 Å². The molecule has 0 spiro atoms. The Kier molecular flexibility index (Phi) is 7.92. The van der Waals surface area contributed by atoms with Gasteiger partial charge in [-0.25, -0.2) is 0 Å². The van der Waals surface area contributed by atoms with E-state index in [2.05, 4.69) is 60.4 Å². The first-order valence-electron chi connectivity index (χ1n) is 13.0. The van der Waals surface area contributed by atoms with E-state index in [9.17, 15) is 4.79 Å². The molecule has 2 heterocycles. The second kappa shape index (κ2) is 11.8. The highest BCUT2D eigenvalue weighted by molar-refractivity contribution is 6.08. The fourth-order valence-corrected chi connectivity index (χ4v) is 4.65. The van der Waals surface area contributed by atoms with Crippen LogP contribution in [-0.4, -0.2) is 30.7 Å². The molecule has 4 aromatic rings. The van der Waals surface area contributed by atoms with E-state index < -0.39 is 0 Å². The third kappa shape index (κ3) is 6.07. The maximum Gasteiger partial charge on any atom is 0.236 e. The summed E-state index contributed by atoms with van der Waals surface area (Å²) in [7, 11) is 0. The van der Waals surface area contributed by atoms with Crippen molar-refractivity contribution in [2.24, 2.45) is 0 Å². The predicted molar refractivity (Wildman–Crippen MR) is 147 cm³/mol. The van der Waals surface area contributed by atoms with Gasteiger partial charge in [0.15, 0.2) is 0 Å². The first-order valence-corrected chi connectivity index (χ1v) is 13.0. The van der Waals surface area contributed by atoms with Gasteiger partial charge in [-0.2, -0.15) is 0 Å². The summed E-state index contributed by atoms with van der Waals surface area (Å²) < 4.78 is 11.4. The molecule has 0 N–H and O–H groups in total. The number of aromatic nitrogens is 1. The number of rotatable bonds is 11. The van der Waals surface area contributed by atoms with Crippen LogP contribution in [0.25, 0.3) is 11.1 Å². The molecule has 0 bridgehead atoms. The molecule has 1 aliphatic rings. The van der Waals surface area contributed by atoms with Gasteiger partial charge in [0, 0.05) is 30.6 Å². The van der Waals surface area contributed by atoms with E-state index in [4.69, 9.17) is 9.47 Å². The summed E-state index contributed by atoms with van der Waals surface area (Å²) in [6.45, 7) is 3.84. The van der Waals surface area contributed by atoms with Crippen LogP contribution in [0.15, 0.2) is 91.3 Å². The molecule has 0 unspecified atom stereocenters. The molecule has 0 radical (unpaired) electrons. The topological polar surface area (TPSA) is 51.7 Å². The number of anilines is 2. The Labute approximate surface area is 218 Å². The number of aryl methyl sites for hydroxylation is 2. The number of pyridine rings is 1. The minimum Gasteiger partial charge on any atom is -0.491 e. The minimum absolute atomic E-state index is 0.0605. The van der Waals surface area contributed by atoms with E-state index in [0.29, 0.717) is 19.6 Å². The van der Waals surface area contributed by atoms with E-state index in [-0.39, 0.29) is 5.91 Å². The molecule has 1 aromatic heterocycles. The van der Waals surface area contributed by atoms with Gasteiger partial charge in [-0.05, 0) is 65.8 Å². The molecule has 0 fully saturated rings. The number of fused-ring (bicyclic) bond motifs is 1. The number of hydrogen-bond acceptors (Lipinski definition) is 4. The fraction of sp³-hybridized carbons (Fsp3) is 0.250. The first-order chi connectivity index (χ1) is 18.2. The third-order valence-electron chi connectivity index (χ3n) is 6.51. The maximum absolute atomic E-state index is 13.0. The molecule has 1 amide bonds. The van der Waals surface area contributed by atoms with Gasteiger partial charge in [0.1, 0.15) is 12.4 Å². The van der Waals surface area contributed by atoms with Crippen molar-refractivity contribution in [3.05, 3.63) is 108 Å². The molecule has 188 valence electrons. The van der Waals surface area contributed by atoms with Crippen molar-refractivity contribution in [3.8, 4) is 16.9 Å². The van der Waals surface area contributed by atoms with Crippen molar-refractivity contribution >= 4 is 17.3 Å². The zero-order valence-corrected chi connectivity index (χ0v) is 21.2. The molecular weight excluding hydrogens is 460 g/mol. The molecule has 0 saturated carbocycles. The number of amides is 1. The number of ether oxygens (including phenoxy) is 2. The highest BCUT2D eigenvalue weighted by Crippen LogP contribution is 2.39. The van der Waals surface area contributed by atoms with Crippen molar-refractivity contribution in [2.45, 2.75) is 32.6 Å². The average Bonchev–Trinajstić information content (AvgIpc) is 3.27. The van der Waals surface area contributed by atoms with Crippen LogP contribution in [-0.2, 0) is 28.8 Å². The van der Waals surface area contributed by atoms with Gasteiger partial charge < -0.3 is 9.47 Å². The van der Waals surface area contributed by atoms with E-state index in [0.717, 1.165) is 59.7 Å².